The van der Waals surface area contributed by atoms with Crippen molar-refractivity contribution in [2.75, 3.05) is 36.9 Å². The number of hydrogen-bond donors (Lipinski definition) is 5. The van der Waals surface area contributed by atoms with E-state index in [0.29, 0.717) is 30.4 Å². The molecule has 1 aromatic rings. The molecule has 0 radical (unpaired) electrons. The first-order valence-electron chi connectivity index (χ1n) is 12.8. The molecule has 0 spiro atoms. The molecular weight excluding hydrogens is 428 g/mol. The molecule has 9 nitrogen and oxygen atoms in total. The standard InChI is InChI=1S/C25H42N8O/c1-3-33-15-9-14-23(33)17-27-25(29-18-28-20-10-6-4-5-7-11-20)32-24(26)31-22-13-8-12-21(16-22)30-19(2)34/h8,12-13,16,20,23,28H,3-7,9-11,14-15,17-18H2,1-2H3,(H,30,34)(H4,26,27,29,31,32). The van der Waals surface area contributed by atoms with Crippen molar-refractivity contribution in [3.05, 3.63) is 24.3 Å². The van der Waals surface area contributed by atoms with Crippen LogP contribution in [-0.4, -0.2) is 61.1 Å². The van der Waals surface area contributed by atoms with Crippen LogP contribution in [0.25, 0.3) is 0 Å². The van der Waals surface area contributed by atoms with Crippen LogP contribution in [0.15, 0.2) is 34.3 Å². The van der Waals surface area contributed by atoms with Gasteiger partial charge < -0.3 is 21.7 Å². The number of amides is 1. The van der Waals surface area contributed by atoms with E-state index in [2.05, 4.69) is 38.1 Å². The van der Waals surface area contributed by atoms with Gasteiger partial charge in [-0.25, -0.2) is 4.99 Å². The zero-order chi connectivity index (χ0) is 24.2. The fourth-order valence-corrected chi connectivity index (χ4v) is 4.78. The van der Waals surface area contributed by atoms with Crippen molar-refractivity contribution in [2.24, 2.45) is 15.7 Å². The van der Waals surface area contributed by atoms with Gasteiger partial charge in [-0.3, -0.25) is 15.0 Å². The van der Waals surface area contributed by atoms with Crippen LogP contribution >= 0.6 is 0 Å². The van der Waals surface area contributed by atoms with E-state index in [9.17, 15) is 4.79 Å². The summed E-state index contributed by atoms with van der Waals surface area (Å²) >= 11 is 0. The monoisotopic (exact) mass is 470 g/mol. The highest BCUT2D eigenvalue weighted by Gasteiger charge is 2.23. The van der Waals surface area contributed by atoms with Crippen molar-refractivity contribution in [3.8, 4) is 0 Å². The summed E-state index contributed by atoms with van der Waals surface area (Å²) in [5, 5.41) is 12.9. The van der Waals surface area contributed by atoms with Crippen molar-refractivity contribution < 1.29 is 4.79 Å². The molecule has 1 unspecified atom stereocenters. The largest absolute Gasteiger partial charge is 0.369 e. The van der Waals surface area contributed by atoms with Gasteiger partial charge in [0.1, 0.15) is 0 Å². The van der Waals surface area contributed by atoms with Gasteiger partial charge >= 0.3 is 0 Å². The number of hydrogen-bond acceptors (Lipinski definition) is 4. The average Bonchev–Trinajstić information content (AvgIpc) is 3.10. The molecule has 1 heterocycles. The molecule has 9 heteroatoms. The number of nitrogens with one attached hydrogen (secondary N) is 4. The minimum absolute atomic E-state index is 0.119. The molecule has 1 aliphatic carbocycles. The molecule has 2 fully saturated rings. The Balaban J connectivity index is 1.64. The van der Waals surface area contributed by atoms with Gasteiger partial charge in [0.15, 0.2) is 0 Å². The van der Waals surface area contributed by atoms with Crippen LogP contribution in [-0.2, 0) is 4.79 Å². The molecular formula is C25H42N8O. The van der Waals surface area contributed by atoms with Gasteiger partial charge in [0.05, 0.1) is 6.67 Å². The number of carbonyl (C=O) groups excluding carboxylic acids is 1. The highest BCUT2D eigenvalue weighted by molar-refractivity contribution is 6.01. The summed E-state index contributed by atoms with van der Waals surface area (Å²) < 4.78 is 0. The lowest BCUT2D eigenvalue weighted by Crippen LogP contribution is -2.41. The number of aliphatic imine (C=N–C) groups is 2. The number of likely N-dealkylation sites (tertiary alicyclic amines) is 1. The van der Waals surface area contributed by atoms with Crippen molar-refractivity contribution in [1.82, 2.24) is 15.5 Å². The van der Waals surface area contributed by atoms with Crippen LogP contribution in [0.4, 0.5) is 11.4 Å². The van der Waals surface area contributed by atoms with E-state index in [1.54, 1.807) is 0 Å². The Morgan fingerprint density at radius 3 is 2.53 bits per heavy atom. The Morgan fingerprint density at radius 1 is 1.09 bits per heavy atom. The number of rotatable bonds is 8. The summed E-state index contributed by atoms with van der Waals surface area (Å²) in [6.45, 7) is 7.21. The molecule has 1 aliphatic heterocycles. The fraction of sp³-hybridized carbons (Fsp3) is 0.640. The topological polar surface area (TPSA) is 119 Å². The van der Waals surface area contributed by atoms with Crippen LogP contribution in [0.1, 0.15) is 65.2 Å². The summed E-state index contributed by atoms with van der Waals surface area (Å²) in [6.07, 6.45) is 10.1. The number of anilines is 2. The highest BCUT2D eigenvalue weighted by Crippen LogP contribution is 2.18. The Morgan fingerprint density at radius 2 is 1.82 bits per heavy atom. The zero-order valence-corrected chi connectivity index (χ0v) is 20.8. The number of guanidine groups is 2. The van der Waals surface area contributed by atoms with E-state index >= 15 is 0 Å². The van der Waals surface area contributed by atoms with E-state index in [4.69, 9.17) is 10.7 Å². The Labute approximate surface area is 204 Å². The number of nitrogens with two attached hydrogens (primary N) is 1. The molecule has 1 atom stereocenters. The number of carbonyl (C=O) groups is 1. The maximum Gasteiger partial charge on any atom is 0.222 e. The van der Waals surface area contributed by atoms with E-state index in [1.165, 1.54) is 58.3 Å². The molecule has 0 bridgehead atoms. The molecule has 188 valence electrons. The molecule has 0 aromatic heterocycles. The summed E-state index contributed by atoms with van der Waals surface area (Å²) in [5.41, 5.74) is 7.68. The minimum atomic E-state index is -0.119. The first-order valence-corrected chi connectivity index (χ1v) is 12.8. The predicted molar refractivity (Wildman–Crippen MR) is 141 cm³/mol. The molecule has 1 amide bonds. The van der Waals surface area contributed by atoms with Gasteiger partial charge in [-0.1, -0.05) is 38.7 Å². The van der Waals surface area contributed by atoms with Crippen molar-refractivity contribution in [1.29, 1.82) is 0 Å². The first-order chi connectivity index (χ1) is 16.5. The Kier molecular flexibility index (Phi) is 10.6. The fourth-order valence-electron chi connectivity index (χ4n) is 4.78. The van der Waals surface area contributed by atoms with Crippen molar-refractivity contribution in [3.63, 3.8) is 0 Å². The highest BCUT2D eigenvalue weighted by atomic mass is 16.1. The van der Waals surface area contributed by atoms with Gasteiger partial charge in [-0.2, -0.15) is 4.99 Å². The molecule has 1 saturated heterocycles. The number of nitrogens with zero attached hydrogens (tertiary/aromatic N) is 3. The molecule has 2 aliphatic rings. The van der Waals surface area contributed by atoms with Gasteiger partial charge in [0, 0.05) is 36.9 Å². The molecule has 1 saturated carbocycles. The normalized spacial score (nSPS) is 20.7. The minimum Gasteiger partial charge on any atom is -0.369 e. The van der Waals surface area contributed by atoms with Gasteiger partial charge in [0.2, 0.25) is 17.8 Å². The second-order valence-corrected chi connectivity index (χ2v) is 9.22. The number of likely N-dealkylation sites (N-methyl/N-ethyl adjacent to an activating group) is 1. The first kappa shape index (κ1) is 26.0. The Bertz CT molecular complexity index is 832. The summed E-state index contributed by atoms with van der Waals surface area (Å²) in [7, 11) is 0. The lowest BCUT2D eigenvalue weighted by molar-refractivity contribution is -0.114. The van der Waals surface area contributed by atoms with Gasteiger partial charge in [-0.15, -0.1) is 0 Å². The van der Waals surface area contributed by atoms with Crippen molar-refractivity contribution >= 4 is 29.2 Å². The van der Waals surface area contributed by atoms with Crippen LogP contribution in [0.5, 0.6) is 0 Å². The van der Waals surface area contributed by atoms with E-state index in [-0.39, 0.29) is 11.9 Å². The lowest BCUT2D eigenvalue weighted by Gasteiger charge is -2.23. The second kappa shape index (κ2) is 13.9. The van der Waals surface area contributed by atoms with Gasteiger partial charge in [-0.05, 0) is 57.0 Å². The quantitative estimate of drug-likeness (QED) is 0.226. The smallest absolute Gasteiger partial charge is 0.222 e. The molecule has 1 aromatic carbocycles. The second-order valence-electron chi connectivity index (χ2n) is 9.22. The van der Waals surface area contributed by atoms with Crippen LogP contribution in [0, 0.1) is 0 Å². The van der Waals surface area contributed by atoms with E-state index in [0.717, 1.165) is 25.3 Å². The van der Waals surface area contributed by atoms with Gasteiger partial charge in [0.25, 0.3) is 0 Å². The van der Waals surface area contributed by atoms with E-state index in [1.807, 2.05) is 24.3 Å². The maximum absolute atomic E-state index is 11.3. The van der Waals surface area contributed by atoms with Crippen LogP contribution < -0.4 is 27.0 Å². The third-order valence-electron chi connectivity index (χ3n) is 6.55. The van der Waals surface area contributed by atoms with Crippen LogP contribution in [0.3, 0.4) is 0 Å². The third-order valence-corrected chi connectivity index (χ3v) is 6.55. The third kappa shape index (κ3) is 8.95. The average molecular weight is 471 g/mol. The van der Waals surface area contributed by atoms with E-state index < -0.39 is 0 Å². The summed E-state index contributed by atoms with van der Waals surface area (Å²) in [6, 6.07) is 8.39. The molecule has 6 N–H and O–H groups in total. The predicted octanol–water partition coefficient (Wildman–Crippen LogP) is 3.07. The SMILES string of the molecule is CCN1CCCC1CNC(=N/CNC1CCCCCC1)/N=C(\N)Nc1cccc(NC(C)=O)c1. The summed E-state index contributed by atoms with van der Waals surface area (Å²) in [4.78, 5) is 23.1. The van der Waals surface area contributed by atoms with Crippen LogP contribution in [0.2, 0.25) is 0 Å². The zero-order valence-electron chi connectivity index (χ0n) is 20.8. The lowest BCUT2D eigenvalue weighted by atomic mass is 10.1. The Hall–Kier alpha value is -2.65. The number of benzene rings is 1. The molecule has 34 heavy (non-hydrogen) atoms. The van der Waals surface area contributed by atoms with Crippen molar-refractivity contribution in [2.45, 2.75) is 77.3 Å². The maximum atomic E-state index is 11.3. The summed E-state index contributed by atoms with van der Waals surface area (Å²) in [5.74, 6) is 0.665. The molecule has 3 rings (SSSR count).